The van der Waals surface area contributed by atoms with Gasteiger partial charge < -0.3 is 9.40 Å². The van der Waals surface area contributed by atoms with E-state index >= 15 is 0 Å². The number of imidazole rings is 1. The molecule has 0 spiro atoms. The molecule has 90 valence electrons. The topological polar surface area (TPSA) is 53.1 Å². The van der Waals surface area contributed by atoms with Gasteiger partial charge in [-0.1, -0.05) is 6.07 Å². The van der Waals surface area contributed by atoms with Crippen LogP contribution >= 0.6 is 0 Å². The average molecular weight is 235 g/mol. The van der Waals surface area contributed by atoms with E-state index in [9.17, 15) is 4.39 Å². The molecule has 0 aliphatic heterocycles. The summed E-state index contributed by atoms with van der Waals surface area (Å²) in [5.74, 6) is 5.41. The van der Waals surface area contributed by atoms with Crippen molar-refractivity contribution in [1.82, 2.24) is 9.55 Å². The SMILES string of the molecule is Cc1nccn1-c1ccc(CCON)cc1F. The van der Waals surface area contributed by atoms with Crippen LogP contribution < -0.4 is 5.90 Å². The highest BCUT2D eigenvalue weighted by atomic mass is 19.1. The standard InChI is InChI=1S/C12H14FN3O/c1-9-15-5-6-16(9)12-3-2-10(4-7-17-14)8-11(12)13/h2-3,5-6,8H,4,7,14H2,1H3. The van der Waals surface area contributed by atoms with Crippen molar-refractivity contribution in [3.8, 4) is 5.69 Å². The molecule has 2 rings (SSSR count). The van der Waals surface area contributed by atoms with Crippen molar-refractivity contribution in [3.05, 3.63) is 47.8 Å². The number of benzene rings is 1. The molecule has 0 bridgehead atoms. The maximum Gasteiger partial charge on any atom is 0.147 e. The Morgan fingerprint density at radius 3 is 2.88 bits per heavy atom. The van der Waals surface area contributed by atoms with Gasteiger partial charge in [0, 0.05) is 12.4 Å². The summed E-state index contributed by atoms with van der Waals surface area (Å²) in [5, 5.41) is 0. The molecule has 0 aliphatic carbocycles. The molecule has 17 heavy (non-hydrogen) atoms. The lowest BCUT2D eigenvalue weighted by Gasteiger charge is -2.08. The van der Waals surface area contributed by atoms with Gasteiger partial charge in [0.1, 0.15) is 11.6 Å². The number of hydrogen-bond acceptors (Lipinski definition) is 3. The summed E-state index contributed by atoms with van der Waals surface area (Å²) >= 11 is 0. The maximum atomic E-state index is 13.9. The van der Waals surface area contributed by atoms with E-state index in [0.717, 1.165) is 11.4 Å². The Kier molecular flexibility index (Phi) is 3.51. The lowest BCUT2D eigenvalue weighted by Crippen LogP contribution is -2.05. The molecule has 0 amide bonds. The van der Waals surface area contributed by atoms with Gasteiger partial charge in [0.15, 0.2) is 0 Å². The zero-order valence-corrected chi connectivity index (χ0v) is 9.56. The van der Waals surface area contributed by atoms with Gasteiger partial charge >= 0.3 is 0 Å². The van der Waals surface area contributed by atoms with Crippen LogP contribution in [0.5, 0.6) is 0 Å². The third-order valence-electron chi connectivity index (χ3n) is 2.61. The number of aromatic nitrogens is 2. The van der Waals surface area contributed by atoms with Crippen LogP contribution in [0.15, 0.2) is 30.6 Å². The summed E-state index contributed by atoms with van der Waals surface area (Å²) < 4.78 is 15.6. The van der Waals surface area contributed by atoms with Gasteiger partial charge in [-0.25, -0.2) is 15.3 Å². The Hall–Kier alpha value is -1.72. The van der Waals surface area contributed by atoms with Crippen molar-refractivity contribution in [2.75, 3.05) is 6.61 Å². The summed E-state index contributed by atoms with van der Waals surface area (Å²) in [6, 6.07) is 5.08. The third-order valence-corrected chi connectivity index (χ3v) is 2.61. The fourth-order valence-electron chi connectivity index (χ4n) is 1.71. The number of halogens is 1. The number of nitrogens with zero attached hydrogens (tertiary/aromatic N) is 2. The van der Waals surface area contributed by atoms with E-state index in [0.29, 0.717) is 18.7 Å². The summed E-state index contributed by atoms with van der Waals surface area (Å²) in [7, 11) is 0. The summed E-state index contributed by atoms with van der Waals surface area (Å²) in [4.78, 5) is 8.54. The summed E-state index contributed by atoms with van der Waals surface area (Å²) in [5.41, 5.74) is 1.35. The average Bonchev–Trinajstić information content (AvgIpc) is 2.73. The normalized spacial score (nSPS) is 10.8. The fraction of sp³-hybridized carbons (Fsp3) is 0.250. The Morgan fingerprint density at radius 1 is 1.47 bits per heavy atom. The van der Waals surface area contributed by atoms with Crippen LogP contribution in [-0.4, -0.2) is 16.2 Å². The van der Waals surface area contributed by atoms with Gasteiger partial charge in [0.25, 0.3) is 0 Å². The van der Waals surface area contributed by atoms with Crippen LogP contribution in [0, 0.1) is 12.7 Å². The molecule has 1 aromatic heterocycles. The number of nitrogens with two attached hydrogens (primary N) is 1. The van der Waals surface area contributed by atoms with Gasteiger partial charge in [-0.15, -0.1) is 0 Å². The molecule has 0 saturated carbocycles. The molecular formula is C12H14FN3O. The summed E-state index contributed by atoms with van der Waals surface area (Å²) in [6.45, 7) is 2.21. The largest absolute Gasteiger partial charge is 0.304 e. The van der Waals surface area contributed by atoms with Crippen molar-refractivity contribution in [2.45, 2.75) is 13.3 Å². The molecule has 0 unspecified atom stereocenters. The third kappa shape index (κ3) is 2.51. The molecule has 1 aromatic carbocycles. The molecule has 0 atom stereocenters. The van der Waals surface area contributed by atoms with Crippen LogP contribution in [-0.2, 0) is 11.3 Å². The lowest BCUT2D eigenvalue weighted by atomic mass is 10.1. The summed E-state index contributed by atoms with van der Waals surface area (Å²) in [6.07, 6.45) is 3.97. The molecule has 0 radical (unpaired) electrons. The predicted molar refractivity (Wildman–Crippen MR) is 62.1 cm³/mol. The molecule has 2 aromatic rings. The first-order chi connectivity index (χ1) is 8.22. The predicted octanol–water partition coefficient (Wildman–Crippen LogP) is 1.75. The first-order valence-electron chi connectivity index (χ1n) is 5.33. The number of aryl methyl sites for hydroxylation is 1. The van der Waals surface area contributed by atoms with Gasteiger partial charge in [-0.05, 0) is 31.0 Å². The van der Waals surface area contributed by atoms with Gasteiger partial charge in [-0.3, -0.25) is 0 Å². The van der Waals surface area contributed by atoms with Crippen LogP contribution in [0.1, 0.15) is 11.4 Å². The highest BCUT2D eigenvalue weighted by Crippen LogP contribution is 2.17. The van der Waals surface area contributed by atoms with Crippen molar-refractivity contribution < 1.29 is 9.23 Å². The Morgan fingerprint density at radius 2 is 2.29 bits per heavy atom. The van der Waals surface area contributed by atoms with Crippen molar-refractivity contribution in [1.29, 1.82) is 0 Å². The maximum absolute atomic E-state index is 13.9. The molecule has 1 heterocycles. The van der Waals surface area contributed by atoms with Crippen molar-refractivity contribution in [2.24, 2.45) is 5.90 Å². The number of hydrogen-bond donors (Lipinski definition) is 1. The van der Waals surface area contributed by atoms with Crippen LogP contribution in [0.3, 0.4) is 0 Å². The molecular weight excluding hydrogens is 221 g/mol. The highest BCUT2D eigenvalue weighted by Gasteiger charge is 2.07. The lowest BCUT2D eigenvalue weighted by molar-refractivity contribution is 0.141. The quantitative estimate of drug-likeness (QED) is 0.821. The van der Waals surface area contributed by atoms with E-state index in [1.807, 2.05) is 13.0 Å². The van der Waals surface area contributed by atoms with E-state index in [4.69, 9.17) is 5.90 Å². The zero-order chi connectivity index (χ0) is 12.3. The minimum atomic E-state index is -0.277. The first-order valence-corrected chi connectivity index (χ1v) is 5.33. The van der Waals surface area contributed by atoms with Crippen molar-refractivity contribution in [3.63, 3.8) is 0 Å². The minimum absolute atomic E-state index is 0.277. The molecule has 0 aliphatic rings. The van der Waals surface area contributed by atoms with Crippen molar-refractivity contribution >= 4 is 0 Å². The van der Waals surface area contributed by atoms with E-state index in [-0.39, 0.29) is 5.82 Å². The molecule has 4 nitrogen and oxygen atoms in total. The molecule has 0 fully saturated rings. The molecule has 5 heteroatoms. The Balaban J connectivity index is 2.29. The molecule has 2 N–H and O–H groups in total. The minimum Gasteiger partial charge on any atom is -0.304 e. The number of rotatable bonds is 4. The van der Waals surface area contributed by atoms with Crippen LogP contribution in [0.2, 0.25) is 0 Å². The second-order valence-electron chi connectivity index (χ2n) is 3.75. The Bertz CT molecular complexity index is 510. The fourth-order valence-corrected chi connectivity index (χ4v) is 1.71. The van der Waals surface area contributed by atoms with Gasteiger partial charge in [-0.2, -0.15) is 0 Å². The van der Waals surface area contributed by atoms with E-state index < -0.39 is 0 Å². The van der Waals surface area contributed by atoms with Crippen LogP contribution in [0.25, 0.3) is 5.69 Å². The van der Waals surface area contributed by atoms with Gasteiger partial charge in [0.05, 0.1) is 12.3 Å². The van der Waals surface area contributed by atoms with E-state index in [1.165, 1.54) is 6.07 Å². The highest BCUT2D eigenvalue weighted by molar-refractivity contribution is 5.37. The van der Waals surface area contributed by atoms with Crippen LogP contribution in [0.4, 0.5) is 4.39 Å². The van der Waals surface area contributed by atoms with E-state index in [1.54, 1.807) is 23.0 Å². The zero-order valence-electron chi connectivity index (χ0n) is 9.56. The Labute approximate surface area is 98.8 Å². The van der Waals surface area contributed by atoms with Gasteiger partial charge in [0.2, 0.25) is 0 Å². The smallest absolute Gasteiger partial charge is 0.147 e. The monoisotopic (exact) mass is 235 g/mol. The first kappa shape index (κ1) is 11.8. The van der Waals surface area contributed by atoms with E-state index in [2.05, 4.69) is 9.82 Å². The second kappa shape index (κ2) is 5.07. The molecule has 0 saturated heterocycles. The second-order valence-corrected chi connectivity index (χ2v) is 3.75.